The van der Waals surface area contributed by atoms with Crippen molar-refractivity contribution in [3.8, 4) is 0 Å². The summed E-state index contributed by atoms with van der Waals surface area (Å²) >= 11 is 0. The minimum Gasteiger partial charge on any atom is -0.472 e. The zero-order chi connectivity index (χ0) is 19.1. The molecule has 7 heteroatoms. The second kappa shape index (κ2) is 9.32. The van der Waals surface area contributed by atoms with E-state index >= 15 is 0 Å². The van der Waals surface area contributed by atoms with Crippen LogP contribution in [-0.2, 0) is 22.7 Å². The number of carbonyl (C=O) groups excluding carboxylic acids is 2. The molecule has 3 heterocycles. The minimum atomic E-state index is -0.460. The highest BCUT2D eigenvalue weighted by Crippen LogP contribution is 2.16. The van der Waals surface area contributed by atoms with Gasteiger partial charge < -0.3 is 14.6 Å². The summed E-state index contributed by atoms with van der Waals surface area (Å²) in [4.78, 5) is 33.3. The Morgan fingerprint density at radius 3 is 2.85 bits per heavy atom. The van der Waals surface area contributed by atoms with Gasteiger partial charge in [-0.3, -0.25) is 19.5 Å². The summed E-state index contributed by atoms with van der Waals surface area (Å²) < 4.78 is 5.13. The fraction of sp³-hybridized carbons (Fsp3) is 0.450. The van der Waals surface area contributed by atoms with Crippen LogP contribution in [0.25, 0.3) is 0 Å². The van der Waals surface area contributed by atoms with Gasteiger partial charge in [0, 0.05) is 50.7 Å². The first-order chi connectivity index (χ1) is 13.2. The average Bonchev–Trinajstić information content (AvgIpc) is 3.18. The molecule has 0 bridgehead atoms. The number of hydrogen-bond donors (Lipinski definition) is 1. The quantitative estimate of drug-likeness (QED) is 0.767. The summed E-state index contributed by atoms with van der Waals surface area (Å²) in [6.07, 6.45) is 7.80. The molecular formula is C20H26N4O3. The smallest absolute Gasteiger partial charge is 0.237 e. The lowest BCUT2D eigenvalue weighted by Crippen LogP contribution is -2.56. The number of nitrogens with zero attached hydrogens (tertiary/aromatic N) is 3. The SMILES string of the molecule is CCCN(Cc1ccncc1)C(=O)CC1C(=O)NCCN1Cc1ccoc1. The molecule has 0 radical (unpaired) electrons. The van der Waals surface area contributed by atoms with E-state index in [4.69, 9.17) is 4.42 Å². The van der Waals surface area contributed by atoms with Crippen molar-refractivity contribution in [3.05, 3.63) is 54.2 Å². The highest BCUT2D eigenvalue weighted by molar-refractivity contribution is 5.88. The van der Waals surface area contributed by atoms with Gasteiger partial charge in [0.05, 0.1) is 25.0 Å². The molecule has 1 unspecified atom stereocenters. The molecule has 0 aliphatic carbocycles. The molecule has 1 saturated heterocycles. The number of amides is 2. The fourth-order valence-corrected chi connectivity index (χ4v) is 3.36. The number of rotatable bonds is 8. The lowest BCUT2D eigenvalue weighted by Gasteiger charge is -2.35. The van der Waals surface area contributed by atoms with Crippen molar-refractivity contribution in [3.63, 3.8) is 0 Å². The van der Waals surface area contributed by atoms with Crippen LogP contribution in [0, 0.1) is 0 Å². The second-order valence-corrected chi connectivity index (χ2v) is 6.78. The molecule has 0 aromatic carbocycles. The highest BCUT2D eigenvalue weighted by atomic mass is 16.3. The molecule has 1 fully saturated rings. The van der Waals surface area contributed by atoms with Gasteiger partial charge in [0.15, 0.2) is 0 Å². The molecule has 2 aromatic heterocycles. The van der Waals surface area contributed by atoms with Crippen molar-refractivity contribution in [2.45, 2.75) is 38.9 Å². The number of nitrogens with one attached hydrogen (secondary N) is 1. The number of aromatic nitrogens is 1. The first kappa shape index (κ1) is 19.1. The Bertz CT molecular complexity index is 733. The molecule has 0 spiro atoms. The van der Waals surface area contributed by atoms with Gasteiger partial charge >= 0.3 is 0 Å². The topological polar surface area (TPSA) is 78.7 Å². The molecule has 27 heavy (non-hydrogen) atoms. The van der Waals surface area contributed by atoms with E-state index in [0.29, 0.717) is 32.7 Å². The van der Waals surface area contributed by atoms with E-state index in [1.54, 1.807) is 24.9 Å². The molecule has 2 aromatic rings. The summed E-state index contributed by atoms with van der Waals surface area (Å²) in [7, 11) is 0. The first-order valence-electron chi connectivity index (χ1n) is 9.37. The van der Waals surface area contributed by atoms with Crippen molar-refractivity contribution in [2.75, 3.05) is 19.6 Å². The van der Waals surface area contributed by atoms with Crippen LogP contribution < -0.4 is 5.32 Å². The normalized spacial score (nSPS) is 17.5. The lowest BCUT2D eigenvalue weighted by molar-refractivity contribution is -0.139. The molecule has 1 aliphatic heterocycles. The van der Waals surface area contributed by atoms with Crippen LogP contribution in [-0.4, -0.2) is 52.3 Å². The van der Waals surface area contributed by atoms with Crippen molar-refractivity contribution in [1.29, 1.82) is 0 Å². The van der Waals surface area contributed by atoms with Gasteiger partial charge in [-0.15, -0.1) is 0 Å². The van der Waals surface area contributed by atoms with Gasteiger partial charge in [-0.05, 0) is 30.2 Å². The van der Waals surface area contributed by atoms with E-state index in [-0.39, 0.29) is 18.2 Å². The Kier molecular flexibility index (Phi) is 6.59. The largest absolute Gasteiger partial charge is 0.472 e. The van der Waals surface area contributed by atoms with Crippen molar-refractivity contribution < 1.29 is 14.0 Å². The monoisotopic (exact) mass is 370 g/mol. The molecule has 1 N–H and O–H groups in total. The Balaban J connectivity index is 1.68. The molecule has 144 valence electrons. The molecule has 0 saturated carbocycles. The maximum Gasteiger partial charge on any atom is 0.237 e. The van der Waals surface area contributed by atoms with E-state index in [0.717, 1.165) is 17.5 Å². The van der Waals surface area contributed by atoms with Crippen molar-refractivity contribution >= 4 is 11.8 Å². The summed E-state index contributed by atoms with van der Waals surface area (Å²) in [5, 5.41) is 2.88. The zero-order valence-electron chi connectivity index (χ0n) is 15.6. The van der Waals surface area contributed by atoms with Crippen LogP contribution in [0.5, 0.6) is 0 Å². The Hall–Kier alpha value is -2.67. The highest BCUT2D eigenvalue weighted by Gasteiger charge is 2.33. The lowest BCUT2D eigenvalue weighted by atomic mass is 10.1. The number of piperazine rings is 1. The maximum atomic E-state index is 13.0. The number of furan rings is 1. The fourth-order valence-electron chi connectivity index (χ4n) is 3.36. The van der Waals surface area contributed by atoms with Crippen LogP contribution in [0.1, 0.15) is 30.9 Å². The van der Waals surface area contributed by atoms with Gasteiger partial charge in [0.25, 0.3) is 0 Å². The number of pyridine rings is 1. The number of hydrogen-bond acceptors (Lipinski definition) is 5. The summed E-state index contributed by atoms with van der Waals surface area (Å²) in [6, 6.07) is 5.25. The van der Waals surface area contributed by atoms with Crippen LogP contribution >= 0.6 is 0 Å². The summed E-state index contributed by atoms with van der Waals surface area (Å²) in [6.45, 7) is 5.15. The average molecular weight is 370 g/mol. The third kappa shape index (κ3) is 5.17. The van der Waals surface area contributed by atoms with Crippen molar-refractivity contribution in [2.24, 2.45) is 0 Å². The molecule has 1 aliphatic rings. The van der Waals surface area contributed by atoms with Gasteiger partial charge in [0.1, 0.15) is 0 Å². The van der Waals surface area contributed by atoms with E-state index in [2.05, 4.69) is 15.2 Å². The maximum absolute atomic E-state index is 13.0. The Morgan fingerprint density at radius 2 is 2.15 bits per heavy atom. The molecular weight excluding hydrogens is 344 g/mol. The van der Waals surface area contributed by atoms with Gasteiger partial charge in [-0.1, -0.05) is 6.92 Å². The molecule has 1 atom stereocenters. The van der Waals surface area contributed by atoms with E-state index < -0.39 is 6.04 Å². The van der Waals surface area contributed by atoms with E-state index in [1.165, 1.54) is 0 Å². The van der Waals surface area contributed by atoms with E-state index in [1.807, 2.05) is 30.0 Å². The van der Waals surface area contributed by atoms with Crippen LogP contribution in [0.3, 0.4) is 0 Å². The van der Waals surface area contributed by atoms with Crippen LogP contribution in [0.15, 0.2) is 47.5 Å². The molecule has 2 amide bonds. The zero-order valence-corrected chi connectivity index (χ0v) is 15.6. The predicted molar refractivity (Wildman–Crippen MR) is 100 cm³/mol. The molecule has 7 nitrogen and oxygen atoms in total. The van der Waals surface area contributed by atoms with Gasteiger partial charge in [-0.25, -0.2) is 0 Å². The standard InChI is InChI=1S/C20H26N4O3/c1-2-9-24(13-16-3-6-21-7-4-16)19(25)12-18-20(26)22-8-10-23(18)14-17-5-11-27-15-17/h3-7,11,15,18H,2,8-10,12-14H2,1H3,(H,22,26). The van der Waals surface area contributed by atoms with Crippen LogP contribution in [0.2, 0.25) is 0 Å². The second-order valence-electron chi connectivity index (χ2n) is 6.78. The van der Waals surface area contributed by atoms with Crippen molar-refractivity contribution in [1.82, 2.24) is 20.1 Å². The van der Waals surface area contributed by atoms with E-state index in [9.17, 15) is 9.59 Å². The number of carbonyl (C=O) groups is 2. The summed E-state index contributed by atoms with van der Waals surface area (Å²) in [5.41, 5.74) is 2.04. The van der Waals surface area contributed by atoms with Gasteiger partial charge in [0.2, 0.25) is 11.8 Å². The predicted octanol–water partition coefficient (Wildman–Crippen LogP) is 1.80. The first-order valence-corrected chi connectivity index (χ1v) is 9.37. The van der Waals surface area contributed by atoms with Gasteiger partial charge in [-0.2, -0.15) is 0 Å². The van der Waals surface area contributed by atoms with Crippen LogP contribution in [0.4, 0.5) is 0 Å². The molecule has 3 rings (SSSR count). The minimum absolute atomic E-state index is 0.00657. The third-order valence-electron chi connectivity index (χ3n) is 4.74. The Morgan fingerprint density at radius 1 is 1.33 bits per heavy atom. The summed E-state index contributed by atoms with van der Waals surface area (Å²) in [5.74, 6) is -0.0913. The third-order valence-corrected chi connectivity index (χ3v) is 4.74. The Labute approximate surface area is 159 Å².